The van der Waals surface area contributed by atoms with Crippen molar-refractivity contribution in [3.63, 3.8) is 0 Å². The summed E-state index contributed by atoms with van der Waals surface area (Å²) in [7, 11) is 2.11. The van der Waals surface area contributed by atoms with Crippen LogP contribution in [-0.2, 0) is 0 Å². The second kappa shape index (κ2) is 7.09. The molecule has 0 spiro atoms. The van der Waals surface area contributed by atoms with Crippen LogP contribution in [0.5, 0.6) is 5.75 Å². The van der Waals surface area contributed by atoms with E-state index in [-0.39, 0.29) is 11.9 Å². The van der Waals surface area contributed by atoms with Gasteiger partial charge in [0.2, 0.25) is 0 Å². The highest BCUT2D eigenvalue weighted by Gasteiger charge is 2.19. The molecule has 110 valence electrons. The average molecular weight is 341 g/mol. The molecule has 1 amide bonds. The number of nitrogens with zero attached hydrogens (tertiary/aromatic N) is 1. The second-order valence-electron chi connectivity index (χ2n) is 5.13. The number of rotatable bonds is 4. The lowest BCUT2D eigenvalue weighted by Crippen LogP contribution is -2.43. The van der Waals surface area contributed by atoms with Gasteiger partial charge in [-0.15, -0.1) is 0 Å². The highest BCUT2D eigenvalue weighted by Crippen LogP contribution is 2.26. The summed E-state index contributed by atoms with van der Waals surface area (Å²) < 4.78 is 6.37. The van der Waals surface area contributed by atoms with E-state index in [0.29, 0.717) is 17.9 Å². The normalized spacial score (nSPS) is 16.9. The molecule has 1 aromatic carbocycles. The lowest BCUT2D eigenvalue weighted by Gasteiger charge is -2.29. The molecule has 1 aliphatic heterocycles. The van der Waals surface area contributed by atoms with Crippen molar-refractivity contribution in [1.29, 1.82) is 0 Å². The van der Waals surface area contributed by atoms with E-state index in [1.807, 2.05) is 19.1 Å². The number of benzene rings is 1. The highest BCUT2D eigenvalue weighted by atomic mass is 79.9. The quantitative estimate of drug-likeness (QED) is 0.916. The molecule has 5 heteroatoms. The van der Waals surface area contributed by atoms with Crippen molar-refractivity contribution in [3.8, 4) is 5.75 Å². The highest BCUT2D eigenvalue weighted by molar-refractivity contribution is 9.10. The van der Waals surface area contributed by atoms with Gasteiger partial charge in [-0.3, -0.25) is 4.79 Å². The van der Waals surface area contributed by atoms with Gasteiger partial charge in [0.05, 0.1) is 11.1 Å². The molecule has 0 atom stereocenters. The Morgan fingerprint density at radius 3 is 2.80 bits per heavy atom. The summed E-state index contributed by atoms with van der Waals surface area (Å²) in [5, 5.41) is 3.11. The third kappa shape index (κ3) is 3.96. The summed E-state index contributed by atoms with van der Waals surface area (Å²) >= 11 is 3.42. The number of hydrogen-bond acceptors (Lipinski definition) is 3. The van der Waals surface area contributed by atoms with Crippen molar-refractivity contribution < 1.29 is 9.53 Å². The number of likely N-dealkylation sites (tertiary alicyclic amines) is 1. The van der Waals surface area contributed by atoms with E-state index < -0.39 is 0 Å². The van der Waals surface area contributed by atoms with E-state index in [9.17, 15) is 4.79 Å². The fraction of sp³-hybridized carbons (Fsp3) is 0.533. The average Bonchev–Trinajstić information content (AvgIpc) is 2.44. The van der Waals surface area contributed by atoms with Gasteiger partial charge in [0, 0.05) is 11.6 Å². The van der Waals surface area contributed by atoms with E-state index in [2.05, 4.69) is 33.2 Å². The molecular formula is C15H21BrN2O2. The van der Waals surface area contributed by atoms with Crippen LogP contribution in [-0.4, -0.2) is 43.6 Å². The Balaban J connectivity index is 2.00. The first kappa shape index (κ1) is 15.3. The summed E-state index contributed by atoms with van der Waals surface area (Å²) in [6.45, 7) is 4.58. The van der Waals surface area contributed by atoms with Crippen LogP contribution in [0.15, 0.2) is 22.7 Å². The summed E-state index contributed by atoms with van der Waals surface area (Å²) in [4.78, 5) is 14.6. The molecule has 20 heavy (non-hydrogen) atoms. The van der Waals surface area contributed by atoms with Crippen LogP contribution >= 0.6 is 15.9 Å². The predicted molar refractivity (Wildman–Crippen MR) is 83.3 cm³/mol. The standard InChI is InChI=1S/C15H21BrN2O2/c1-3-20-14-10-11(4-5-13(14)16)15(19)17-12-6-8-18(2)9-7-12/h4-5,10,12H,3,6-9H2,1-2H3,(H,17,19). The number of carbonyl (C=O) groups excluding carboxylic acids is 1. The van der Waals surface area contributed by atoms with Crippen LogP contribution in [0.3, 0.4) is 0 Å². The van der Waals surface area contributed by atoms with Crippen molar-refractivity contribution in [2.75, 3.05) is 26.7 Å². The zero-order valence-corrected chi connectivity index (χ0v) is 13.6. The van der Waals surface area contributed by atoms with Crippen LogP contribution in [0.25, 0.3) is 0 Å². The third-order valence-corrected chi connectivity index (χ3v) is 4.20. The Kier molecular flexibility index (Phi) is 5.43. The van der Waals surface area contributed by atoms with Gasteiger partial charge in [-0.2, -0.15) is 0 Å². The number of carbonyl (C=O) groups is 1. The van der Waals surface area contributed by atoms with E-state index in [0.717, 1.165) is 30.4 Å². The summed E-state index contributed by atoms with van der Waals surface area (Å²) in [5.41, 5.74) is 0.649. The first-order chi connectivity index (χ1) is 9.60. The number of hydrogen-bond donors (Lipinski definition) is 1. The zero-order valence-electron chi connectivity index (χ0n) is 12.0. The van der Waals surface area contributed by atoms with Gasteiger partial charge in [-0.05, 0) is 74.0 Å². The number of nitrogens with one attached hydrogen (secondary N) is 1. The number of amides is 1. The van der Waals surface area contributed by atoms with Gasteiger partial charge in [-0.25, -0.2) is 0 Å². The fourth-order valence-corrected chi connectivity index (χ4v) is 2.69. The minimum atomic E-state index is -0.0204. The molecule has 1 N–H and O–H groups in total. The van der Waals surface area contributed by atoms with Crippen molar-refractivity contribution in [3.05, 3.63) is 28.2 Å². The maximum absolute atomic E-state index is 12.3. The first-order valence-corrected chi connectivity index (χ1v) is 7.81. The Hall–Kier alpha value is -1.07. The molecule has 1 aromatic rings. The Morgan fingerprint density at radius 1 is 1.45 bits per heavy atom. The maximum Gasteiger partial charge on any atom is 0.251 e. The molecule has 0 saturated carbocycles. The van der Waals surface area contributed by atoms with E-state index in [4.69, 9.17) is 4.74 Å². The summed E-state index contributed by atoms with van der Waals surface area (Å²) in [6.07, 6.45) is 2.02. The Labute approximate surface area is 128 Å². The fourth-order valence-electron chi connectivity index (χ4n) is 2.33. The molecule has 1 fully saturated rings. The van der Waals surface area contributed by atoms with Crippen molar-refractivity contribution in [1.82, 2.24) is 10.2 Å². The minimum absolute atomic E-state index is 0.0204. The zero-order chi connectivity index (χ0) is 14.5. The molecule has 0 unspecified atom stereocenters. The molecule has 0 aromatic heterocycles. The number of halogens is 1. The Morgan fingerprint density at radius 2 is 2.15 bits per heavy atom. The van der Waals surface area contributed by atoms with E-state index in [1.165, 1.54) is 0 Å². The van der Waals surface area contributed by atoms with Crippen LogP contribution in [0.4, 0.5) is 0 Å². The number of ether oxygens (including phenoxy) is 1. The predicted octanol–water partition coefficient (Wildman–Crippen LogP) is 2.67. The van der Waals surface area contributed by atoms with E-state index >= 15 is 0 Å². The lowest BCUT2D eigenvalue weighted by molar-refractivity contribution is 0.0916. The van der Waals surface area contributed by atoms with Gasteiger partial charge in [0.1, 0.15) is 5.75 Å². The largest absolute Gasteiger partial charge is 0.493 e. The monoisotopic (exact) mass is 340 g/mol. The Bertz CT molecular complexity index is 471. The van der Waals surface area contributed by atoms with Crippen LogP contribution in [0, 0.1) is 0 Å². The van der Waals surface area contributed by atoms with Gasteiger partial charge in [0.25, 0.3) is 5.91 Å². The molecule has 1 aliphatic rings. The SMILES string of the molecule is CCOc1cc(C(=O)NC2CCN(C)CC2)ccc1Br. The molecule has 0 aliphatic carbocycles. The topological polar surface area (TPSA) is 41.6 Å². The minimum Gasteiger partial charge on any atom is -0.493 e. The molecule has 2 rings (SSSR count). The lowest BCUT2D eigenvalue weighted by atomic mass is 10.0. The first-order valence-electron chi connectivity index (χ1n) is 7.02. The van der Waals surface area contributed by atoms with Crippen molar-refractivity contribution in [2.45, 2.75) is 25.8 Å². The van der Waals surface area contributed by atoms with Gasteiger partial charge in [-0.1, -0.05) is 0 Å². The van der Waals surface area contributed by atoms with Gasteiger partial charge < -0.3 is 15.0 Å². The molecule has 4 nitrogen and oxygen atoms in total. The molecule has 1 heterocycles. The maximum atomic E-state index is 12.3. The molecular weight excluding hydrogens is 320 g/mol. The third-order valence-electron chi connectivity index (χ3n) is 3.55. The van der Waals surface area contributed by atoms with Crippen LogP contribution < -0.4 is 10.1 Å². The van der Waals surface area contributed by atoms with Crippen molar-refractivity contribution in [2.24, 2.45) is 0 Å². The van der Waals surface area contributed by atoms with Gasteiger partial charge >= 0.3 is 0 Å². The molecule has 1 saturated heterocycles. The summed E-state index contributed by atoms with van der Waals surface area (Å²) in [6, 6.07) is 5.74. The van der Waals surface area contributed by atoms with Crippen LogP contribution in [0.1, 0.15) is 30.1 Å². The second-order valence-corrected chi connectivity index (χ2v) is 5.98. The number of piperidine rings is 1. The van der Waals surface area contributed by atoms with Gasteiger partial charge in [0.15, 0.2) is 0 Å². The van der Waals surface area contributed by atoms with E-state index in [1.54, 1.807) is 6.07 Å². The molecule has 0 bridgehead atoms. The summed E-state index contributed by atoms with van der Waals surface area (Å²) in [5.74, 6) is 0.691. The molecule has 0 radical (unpaired) electrons. The smallest absolute Gasteiger partial charge is 0.251 e. The van der Waals surface area contributed by atoms with Crippen molar-refractivity contribution >= 4 is 21.8 Å². The van der Waals surface area contributed by atoms with Crippen LogP contribution in [0.2, 0.25) is 0 Å².